The van der Waals surface area contributed by atoms with E-state index in [0.717, 1.165) is 67.7 Å². The molecule has 11 aromatic heterocycles. The van der Waals surface area contributed by atoms with Crippen LogP contribution in [0.3, 0.4) is 0 Å². The standard InChI is InChI=1S/2C13H16N2.C13H15N.C12H16N2.C12H15N.C11H14N2.2C11H13NS.C10H13N3/c1-9-11-7-10(13(2,3)4)5-6-12(11)15-8-14-9;1-9-8-14-11-6-5-10(13(2,3)4)7-12(11)15-9;1-13(2,3)11-6-7-12-10(9-11)5-4-8-14-12;1-9-7-13-11-6-5-10(8-14(9)11)12(2,3)4;1-12(2,3)11-5-4-9-7-13-8-10(9)6-11;1-11(2,3)9-5-4-8-7-12-13-10(8)6-9;1-11(2,3)10-6-8-7-12-5-4-9(8)13-10;1-11(2,3)8-4-5-9-10(6-8)13-7-12-9;1-10(2,3)8-4-5-9-11-7-12-13(9)6-8/h2*5-8H,1-4H3;4-9H,1-3H3;5-8H,1-4H3;4-6,8H,7H2,1-3H3;4-7H,1-3H3,(H,12,13);3*4-7H,1-3H3. The summed E-state index contributed by atoms with van der Waals surface area (Å²) in [6.07, 6.45) is 20.6. The van der Waals surface area contributed by atoms with Crippen LogP contribution in [-0.4, -0.2) is 75.3 Å². The second-order valence-electron chi connectivity index (χ2n) is 41.2. The molecule has 0 aliphatic carbocycles. The number of pyridine rings is 4. The van der Waals surface area contributed by atoms with Gasteiger partial charge in [-0.25, -0.2) is 34.4 Å². The first kappa shape index (κ1) is 94.1. The topological polar surface area (TPSA) is 179 Å². The van der Waals surface area contributed by atoms with Crippen molar-refractivity contribution in [3.8, 4) is 0 Å². The third-order valence-corrected chi connectivity index (χ3v) is 23.8. The molecule has 1 N–H and O–H groups in total. The largest absolute Gasteiger partial charge is 0.304 e. The molecule has 17 heteroatoms. The summed E-state index contributed by atoms with van der Waals surface area (Å²) < 4.78 is 6.56. The van der Waals surface area contributed by atoms with Crippen molar-refractivity contribution in [3.63, 3.8) is 0 Å². The quantitative estimate of drug-likeness (QED) is 0.153. The van der Waals surface area contributed by atoms with Crippen LogP contribution in [0.15, 0.2) is 230 Å². The molecular weight excluding hydrogens is 1550 g/mol. The number of imidazole rings is 1. The molecule has 17 aromatic rings. The van der Waals surface area contributed by atoms with Gasteiger partial charge in [-0.3, -0.25) is 25.0 Å². The lowest BCUT2D eigenvalue weighted by Gasteiger charge is -2.19. The van der Waals surface area contributed by atoms with Crippen LogP contribution in [-0.2, 0) is 55.3 Å². The number of nitrogens with one attached hydrogen (secondary N) is 1. The van der Waals surface area contributed by atoms with Gasteiger partial charge in [0.1, 0.15) is 18.3 Å². The van der Waals surface area contributed by atoms with Gasteiger partial charge in [0.2, 0.25) is 0 Å². The smallest absolute Gasteiger partial charge is 0.155 e. The van der Waals surface area contributed by atoms with E-state index in [1.165, 1.54) is 91.8 Å². The maximum absolute atomic E-state index is 4.49. The molecule has 0 unspecified atom stereocenters. The van der Waals surface area contributed by atoms with E-state index in [4.69, 9.17) is 0 Å². The number of thiazole rings is 1. The lowest BCUT2D eigenvalue weighted by molar-refractivity contribution is 0.584. The lowest BCUT2D eigenvalue weighted by atomic mass is 9.85. The molecule has 1 aliphatic heterocycles. The number of aromatic amines is 1. The van der Waals surface area contributed by atoms with Crippen molar-refractivity contribution in [2.24, 2.45) is 4.99 Å². The molecule has 0 spiro atoms. The van der Waals surface area contributed by atoms with Gasteiger partial charge in [-0.1, -0.05) is 254 Å². The molecule has 0 saturated heterocycles. The number of rotatable bonds is 0. The average molecular weight is 1680 g/mol. The molecule has 0 fully saturated rings. The van der Waals surface area contributed by atoms with Crippen molar-refractivity contribution in [2.45, 2.75) is 263 Å². The van der Waals surface area contributed by atoms with Gasteiger partial charge in [-0.05, 0) is 216 Å². The molecule has 642 valence electrons. The number of thiophene rings is 1. The third-order valence-electron chi connectivity index (χ3n) is 21.5. The number of aryl methyl sites for hydroxylation is 3. The van der Waals surface area contributed by atoms with Crippen molar-refractivity contribution >= 4 is 104 Å². The minimum absolute atomic E-state index is 0.166. The van der Waals surface area contributed by atoms with Gasteiger partial charge in [-0.2, -0.15) is 10.2 Å². The van der Waals surface area contributed by atoms with Gasteiger partial charge in [-0.15, -0.1) is 22.7 Å². The van der Waals surface area contributed by atoms with Crippen LogP contribution in [0.5, 0.6) is 0 Å². The zero-order chi connectivity index (χ0) is 90.0. The third kappa shape index (κ3) is 26.0. The number of aromatic nitrogens is 14. The number of fused-ring (bicyclic) bond motifs is 9. The SMILES string of the molecule is CC(C)(C)c1cc2cnccc2s1.CC(C)(C)c1ccc2c(c1)C=NC2.CC(C)(C)c1ccc2cn[nH]c2c1.CC(C)(C)c1ccc2ncccc2c1.CC(C)(C)c1ccc2ncnn2c1.CC(C)(C)c1ccc2ncsc2c1.Cc1cnc2ccc(C(C)(C)C)cc2n1.Cc1cnc2ccc(C(C)(C)C)cn12.Cc1ncnc2ccc(C(C)(C)C)cc12. The molecule has 12 heterocycles. The molecule has 0 bridgehead atoms. The predicted octanol–water partition coefficient (Wildman–Crippen LogP) is 27.9. The zero-order valence-corrected chi connectivity index (χ0v) is 80.4. The van der Waals surface area contributed by atoms with E-state index >= 15 is 0 Å². The molecule has 0 saturated carbocycles. The Kier molecular flexibility index (Phi) is 29.3. The summed E-state index contributed by atoms with van der Waals surface area (Å²) in [5.74, 6) is 0. The Morgan fingerprint density at radius 1 is 0.374 bits per heavy atom. The van der Waals surface area contributed by atoms with Gasteiger partial charge in [0.15, 0.2) is 5.65 Å². The monoisotopic (exact) mass is 1680 g/mol. The number of benzene rings is 6. The van der Waals surface area contributed by atoms with E-state index in [1.54, 1.807) is 34.7 Å². The summed E-state index contributed by atoms with van der Waals surface area (Å²) >= 11 is 3.57. The number of nitrogens with zero attached hydrogens (tertiary/aromatic N) is 14. The first-order chi connectivity index (χ1) is 57.4. The lowest BCUT2D eigenvalue weighted by Crippen LogP contribution is -2.12. The van der Waals surface area contributed by atoms with Crippen LogP contribution in [0.1, 0.15) is 265 Å². The van der Waals surface area contributed by atoms with Crippen molar-refractivity contribution in [1.82, 2.24) is 69.1 Å². The van der Waals surface area contributed by atoms with Crippen molar-refractivity contribution in [2.75, 3.05) is 0 Å². The second-order valence-corrected chi connectivity index (χ2v) is 43.2. The molecular formula is C106H131N15S2. The average Bonchev–Trinajstić information content (AvgIpc) is 1.47. The van der Waals surface area contributed by atoms with Crippen molar-refractivity contribution in [3.05, 3.63) is 303 Å². The van der Waals surface area contributed by atoms with E-state index in [-0.39, 0.29) is 48.7 Å². The summed E-state index contributed by atoms with van der Waals surface area (Å²) in [7, 11) is 0. The molecule has 1 aliphatic rings. The summed E-state index contributed by atoms with van der Waals surface area (Å²) in [4.78, 5) is 44.1. The van der Waals surface area contributed by atoms with Gasteiger partial charge >= 0.3 is 0 Å². The molecule has 6 aromatic carbocycles. The number of hydrogen-bond acceptors (Lipinski definition) is 14. The minimum atomic E-state index is 0.166. The summed E-state index contributed by atoms with van der Waals surface area (Å²) in [6.45, 7) is 66.9. The molecule has 123 heavy (non-hydrogen) atoms. The molecule has 0 atom stereocenters. The second kappa shape index (κ2) is 38.3. The first-order valence-corrected chi connectivity index (χ1v) is 44.4. The highest BCUT2D eigenvalue weighted by molar-refractivity contribution is 7.19. The minimum Gasteiger partial charge on any atom is -0.304 e. The number of H-pyrrole nitrogens is 1. The van der Waals surface area contributed by atoms with E-state index in [1.807, 2.05) is 92.3 Å². The highest BCUT2D eigenvalue weighted by atomic mass is 32.1. The zero-order valence-electron chi connectivity index (χ0n) is 78.7. The summed E-state index contributed by atoms with van der Waals surface area (Å²) in [5, 5.41) is 15.9. The molecule has 18 rings (SSSR count). The fraction of sp³-hybridized carbons (Fsp3) is 0.377. The van der Waals surface area contributed by atoms with Crippen molar-refractivity contribution < 1.29 is 0 Å². The van der Waals surface area contributed by atoms with Crippen LogP contribution in [0.25, 0.3) is 75.3 Å². The van der Waals surface area contributed by atoms with Crippen LogP contribution in [0, 0.1) is 20.8 Å². The van der Waals surface area contributed by atoms with Crippen LogP contribution in [0.2, 0.25) is 0 Å². The van der Waals surface area contributed by atoms with Gasteiger partial charge in [0.25, 0.3) is 0 Å². The number of hydrogen-bond donors (Lipinski definition) is 1. The Morgan fingerprint density at radius 2 is 0.935 bits per heavy atom. The van der Waals surface area contributed by atoms with Crippen LogP contribution in [0.4, 0.5) is 0 Å². The predicted molar refractivity (Wildman–Crippen MR) is 525 cm³/mol. The molecule has 0 radical (unpaired) electrons. The van der Waals surface area contributed by atoms with Gasteiger partial charge < -0.3 is 4.40 Å². The summed E-state index contributed by atoms with van der Waals surface area (Å²) in [5.41, 5.74) is 28.5. The Hall–Kier alpha value is -11.1. The highest BCUT2D eigenvalue weighted by Crippen LogP contribution is 2.36. The maximum atomic E-state index is 4.49. The molecule has 0 amide bonds. The van der Waals surface area contributed by atoms with E-state index in [2.05, 4.69) is 409 Å². The molecule has 15 nitrogen and oxygen atoms in total. The Balaban J connectivity index is 0.000000145. The first-order valence-electron chi connectivity index (χ1n) is 42.7. The van der Waals surface area contributed by atoms with E-state index in [9.17, 15) is 0 Å². The van der Waals surface area contributed by atoms with E-state index < -0.39 is 0 Å². The van der Waals surface area contributed by atoms with Crippen LogP contribution >= 0.6 is 22.7 Å². The van der Waals surface area contributed by atoms with Gasteiger partial charge in [0.05, 0.1) is 61.7 Å². The van der Waals surface area contributed by atoms with E-state index in [0.29, 0.717) is 0 Å². The Bertz CT molecular complexity index is 6170. The highest BCUT2D eigenvalue weighted by Gasteiger charge is 2.23. The van der Waals surface area contributed by atoms with Crippen LogP contribution < -0.4 is 0 Å². The Labute approximate surface area is 739 Å². The summed E-state index contributed by atoms with van der Waals surface area (Å²) in [6, 6.07) is 55.6. The fourth-order valence-electron chi connectivity index (χ4n) is 13.1. The van der Waals surface area contributed by atoms with Crippen molar-refractivity contribution in [1.29, 1.82) is 0 Å². The number of aliphatic imine (C=N–C) groups is 1. The Morgan fingerprint density at radius 3 is 1.58 bits per heavy atom. The van der Waals surface area contributed by atoms with Gasteiger partial charge in [0, 0.05) is 92.1 Å². The fourth-order valence-corrected chi connectivity index (χ4v) is 14.9. The normalized spacial score (nSPS) is 12.4. The maximum Gasteiger partial charge on any atom is 0.155 e.